The number of likely N-dealkylation sites (tertiary alicyclic amines) is 2. The molecule has 0 radical (unpaired) electrons. The van der Waals surface area contributed by atoms with Crippen molar-refractivity contribution >= 4 is 63.2 Å². The van der Waals surface area contributed by atoms with Crippen molar-refractivity contribution < 1.29 is 28.7 Å². The molecule has 0 aliphatic carbocycles. The molecule has 0 unspecified atom stereocenters. The first-order chi connectivity index (χ1) is 41.9. The van der Waals surface area contributed by atoms with Crippen LogP contribution in [0.3, 0.4) is 0 Å². The maximum atomic E-state index is 13.9. The number of aromatic nitrogens is 4. The monoisotopic (exact) mass is 1190 g/mol. The second-order valence-electron chi connectivity index (χ2n) is 25.5. The number of aryl methyl sites for hydroxylation is 2. The number of hydrogen-bond acceptors (Lipinski definition) is 11. The van der Waals surface area contributed by atoms with Gasteiger partial charge in [0.15, 0.2) is 0 Å². The molecule has 4 fully saturated rings. The summed E-state index contributed by atoms with van der Waals surface area (Å²) in [5.74, 6) is 3.06. The number of alkyl carbamates (subject to hydrolysis) is 1. The van der Waals surface area contributed by atoms with E-state index in [0.717, 1.165) is 168 Å². The number of piperazine rings is 2. The SMILES string of the molecule is CCCCn1c([C@@H]2CCCN(C(=O)C[C@@H](Cc3ccc(N4CCN(C(C)=O)CC4)cc3)NC(=O)OC(C)(C)C)C2)nc2ccccc21.CCCCn1c([C@@H]2CCCN(C(=O)C[C@H](N)Cc3ccc(N4CCN(C(C)=O)CC4)cc3)C2)nc2ccccc21. The van der Waals surface area contributed by atoms with Gasteiger partial charge in [0.25, 0.3) is 0 Å². The van der Waals surface area contributed by atoms with E-state index in [-0.39, 0.29) is 47.9 Å². The van der Waals surface area contributed by atoms with Gasteiger partial charge in [0, 0.05) is 154 Å². The average Bonchev–Trinajstić information content (AvgIpc) is 1.86. The summed E-state index contributed by atoms with van der Waals surface area (Å²) in [6.07, 6.45) is 9.61. The molecule has 468 valence electrons. The van der Waals surface area contributed by atoms with Gasteiger partial charge in [0.1, 0.15) is 17.2 Å². The van der Waals surface area contributed by atoms with Crippen molar-refractivity contribution in [2.24, 2.45) is 5.73 Å². The zero-order valence-electron chi connectivity index (χ0n) is 52.9. The van der Waals surface area contributed by atoms with E-state index in [4.69, 9.17) is 20.4 Å². The topological polar surface area (TPSA) is 188 Å². The van der Waals surface area contributed by atoms with E-state index in [1.54, 1.807) is 13.8 Å². The number of para-hydroxylation sites is 4. The van der Waals surface area contributed by atoms with Crippen LogP contribution in [0.25, 0.3) is 22.1 Å². The third kappa shape index (κ3) is 17.2. The number of benzene rings is 4. The van der Waals surface area contributed by atoms with Crippen LogP contribution in [-0.2, 0) is 49.8 Å². The number of fused-ring (bicyclic) bond motifs is 2. The first kappa shape index (κ1) is 64.0. The van der Waals surface area contributed by atoms with Gasteiger partial charge in [-0.15, -0.1) is 0 Å². The van der Waals surface area contributed by atoms with E-state index in [1.807, 2.05) is 52.5 Å². The van der Waals surface area contributed by atoms with Crippen LogP contribution in [0.15, 0.2) is 97.1 Å². The van der Waals surface area contributed by atoms with Crippen molar-refractivity contribution in [2.45, 2.75) is 168 Å². The Labute approximate surface area is 515 Å². The molecule has 4 aromatic carbocycles. The number of ether oxygens (including phenoxy) is 1. The maximum Gasteiger partial charge on any atom is 0.407 e. The molecule has 4 aliphatic heterocycles. The largest absolute Gasteiger partial charge is 0.444 e. The highest BCUT2D eigenvalue weighted by Gasteiger charge is 2.33. The van der Waals surface area contributed by atoms with Gasteiger partial charge in [0.2, 0.25) is 23.6 Å². The molecule has 87 heavy (non-hydrogen) atoms. The van der Waals surface area contributed by atoms with Crippen LogP contribution in [0.5, 0.6) is 0 Å². The highest BCUT2D eigenvalue weighted by Crippen LogP contribution is 2.33. The standard InChI is InChI=1S/C37H52N6O4.C32H44N6O2/c1-6-7-19-43-33-13-9-8-12-32(33)39-35(43)29-11-10-18-42(26-29)34(45)25-30(38-36(46)47-37(3,4)5)24-28-14-16-31(17-15-28)41-22-20-40(21-23-41)27(2)44;1-3-4-16-38-30-10-6-5-9-29(30)34-32(38)26-8-7-15-37(23-26)31(40)22-27(33)21-25-11-13-28(14-12-25)36-19-17-35(18-20-36)24(2)39/h8-9,12-17,29-30H,6-7,10-11,18-26H2,1-5H3,(H,38,46);5-6,9-14,26-27H,3-4,7-8,15-23,33H2,1-2H3/t29-,30-;26-,27-/m11/s1. The first-order valence-corrected chi connectivity index (χ1v) is 32.3. The molecule has 6 aromatic rings. The summed E-state index contributed by atoms with van der Waals surface area (Å²) in [5.41, 5.74) is 14.7. The Kier molecular flexibility index (Phi) is 22.0. The van der Waals surface area contributed by atoms with Crippen LogP contribution in [-0.4, -0.2) is 165 Å². The van der Waals surface area contributed by atoms with Gasteiger partial charge in [-0.25, -0.2) is 14.8 Å². The van der Waals surface area contributed by atoms with E-state index in [2.05, 4.69) is 123 Å². The van der Waals surface area contributed by atoms with Gasteiger partial charge in [-0.3, -0.25) is 19.2 Å². The lowest BCUT2D eigenvalue weighted by molar-refractivity contribution is -0.133. The number of carbonyl (C=O) groups is 5. The van der Waals surface area contributed by atoms with Gasteiger partial charge in [-0.05, 0) is 132 Å². The number of rotatable bonds is 19. The van der Waals surface area contributed by atoms with E-state index in [9.17, 15) is 24.0 Å². The first-order valence-electron chi connectivity index (χ1n) is 32.3. The number of nitrogens with one attached hydrogen (secondary N) is 1. The Bertz CT molecular complexity index is 3240. The normalized spacial score (nSPS) is 18.3. The minimum absolute atomic E-state index is 0.0342. The van der Waals surface area contributed by atoms with Gasteiger partial charge in [0.05, 0.1) is 22.1 Å². The molecular formula is C69H96N12O6. The molecular weight excluding hydrogens is 1090 g/mol. The number of unbranched alkanes of at least 4 members (excludes halogenated alkanes) is 2. The second-order valence-corrected chi connectivity index (χ2v) is 25.5. The third-order valence-electron chi connectivity index (χ3n) is 17.7. The summed E-state index contributed by atoms with van der Waals surface area (Å²) < 4.78 is 10.3. The number of hydrogen-bond donors (Lipinski definition) is 2. The third-order valence-corrected chi connectivity index (χ3v) is 17.7. The van der Waals surface area contributed by atoms with Crippen LogP contribution in [0.2, 0.25) is 0 Å². The Balaban J connectivity index is 0.000000210. The highest BCUT2D eigenvalue weighted by atomic mass is 16.6. The molecule has 4 saturated heterocycles. The molecule has 10 rings (SSSR count). The lowest BCUT2D eigenvalue weighted by Gasteiger charge is -2.35. The smallest absolute Gasteiger partial charge is 0.407 e. The zero-order chi connectivity index (χ0) is 61.6. The number of carbonyl (C=O) groups excluding carboxylic acids is 5. The van der Waals surface area contributed by atoms with Gasteiger partial charge in [-0.1, -0.05) is 75.2 Å². The van der Waals surface area contributed by atoms with Crippen LogP contribution in [0.1, 0.15) is 147 Å². The predicted molar refractivity (Wildman–Crippen MR) is 346 cm³/mol. The molecule has 2 aromatic heterocycles. The molecule has 3 N–H and O–H groups in total. The average molecular weight is 1190 g/mol. The van der Waals surface area contributed by atoms with Crippen molar-refractivity contribution in [2.75, 3.05) is 88.3 Å². The molecule has 6 heterocycles. The minimum Gasteiger partial charge on any atom is -0.444 e. The quantitative estimate of drug-likeness (QED) is 0.0786. The lowest BCUT2D eigenvalue weighted by Crippen LogP contribution is -2.48. The van der Waals surface area contributed by atoms with Gasteiger partial charge in [-0.2, -0.15) is 0 Å². The van der Waals surface area contributed by atoms with E-state index in [1.165, 1.54) is 11.2 Å². The van der Waals surface area contributed by atoms with Crippen molar-refractivity contribution in [3.63, 3.8) is 0 Å². The summed E-state index contributed by atoms with van der Waals surface area (Å²) in [4.78, 5) is 85.9. The molecule has 4 aliphatic rings. The summed E-state index contributed by atoms with van der Waals surface area (Å²) in [6, 6.07) is 32.9. The van der Waals surface area contributed by atoms with Crippen LogP contribution in [0.4, 0.5) is 16.2 Å². The van der Waals surface area contributed by atoms with Gasteiger partial charge < -0.3 is 54.3 Å². The molecule has 18 heteroatoms. The Morgan fingerprint density at radius 2 is 0.989 bits per heavy atom. The zero-order valence-corrected chi connectivity index (χ0v) is 52.9. The van der Waals surface area contributed by atoms with Gasteiger partial charge >= 0.3 is 6.09 Å². The van der Waals surface area contributed by atoms with Crippen molar-refractivity contribution in [1.82, 2.24) is 44.0 Å². The predicted octanol–water partition coefficient (Wildman–Crippen LogP) is 9.91. The fourth-order valence-corrected chi connectivity index (χ4v) is 13.0. The Morgan fingerprint density at radius 1 is 0.563 bits per heavy atom. The molecule has 0 bridgehead atoms. The molecule has 0 spiro atoms. The van der Waals surface area contributed by atoms with E-state index >= 15 is 0 Å². The van der Waals surface area contributed by atoms with Crippen molar-refractivity contribution in [3.8, 4) is 0 Å². The number of nitrogens with two attached hydrogens (primary N) is 1. The lowest BCUT2D eigenvalue weighted by atomic mass is 9.95. The van der Waals surface area contributed by atoms with Crippen molar-refractivity contribution in [1.29, 1.82) is 0 Å². The van der Waals surface area contributed by atoms with Crippen LogP contribution in [0, 0.1) is 0 Å². The molecule has 18 nitrogen and oxygen atoms in total. The minimum atomic E-state index is -0.643. The second kappa shape index (κ2) is 30.0. The Morgan fingerprint density at radius 3 is 1.41 bits per heavy atom. The van der Waals surface area contributed by atoms with Crippen molar-refractivity contribution in [3.05, 3.63) is 120 Å². The van der Waals surface area contributed by atoms with E-state index in [0.29, 0.717) is 38.9 Å². The molecule has 4 atom stereocenters. The van der Waals surface area contributed by atoms with Crippen LogP contribution >= 0.6 is 0 Å². The summed E-state index contributed by atoms with van der Waals surface area (Å²) in [6.45, 7) is 24.1. The molecule has 0 saturated carbocycles. The van der Waals surface area contributed by atoms with Crippen LogP contribution < -0.4 is 20.9 Å². The fraction of sp³-hybridized carbons (Fsp3) is 0.551. The molecule has 5 amide bonds. The Hall–Kier alpha value is -7.47. The summed E-state index contributed by atoms with van der Waals surface area (Å²) in [7, 11) is 0. The maximum absolute atomic E-state index is 13.9. The number of piperidine rings is 2. The number of imidazole rings is 2. The highest BCUT2D eigenvalue weighted by molar-refractivity contribution is 5.80. The summed E-state index contributed by atoms with van der Waals surface area (Å²) in [5, 5.41) is 3.01. The number of anilines is 2. The number of nitrogens with zero attached hydrogens (tertiary/aromatic N) is 10. The van der Waals surface area contributed by atoms with E-state index < -0.39 is 17.7 Å². The summed E-state index contributed by atoms with van der Waals surface area (Å²) >= 11 is 0. The fourth-order valence-electron chi connectivity index (χ4n) is 13.0. The number of amides is 5.